The molecular formula is C30H27N3O4S. The molecule has 0 aliphatic rings. The normalized spacial score (nSPS) is 10.9. The van der Waals surface area contributed by atoms with E-state index >= 15 is 0 Å². The number of carbonyl (C=O) groups is 1. The predicted octanol–water partition coefficient (Wildman–Crippen LogP) is 6.44. The lowest BCUT2D eigenvalue weighted by Gasteiger charge is -2.14. The van der Waals surface area contributed by atoms with E-state index in [-0.39, 0.29) is 5.57 Å². The van der Waals surface area contributed by atoms with Gasteiger partial charge in [0.1, 0.15) is 30.6 Å². The van der Waals surface area contributed by atoms with Crippen LogP contribution in [0.15, 0.2) is 77.7 Å². The second kappa shape index (κ2) is 12.6. The number of nitriles is 1. The van der Waals surface area contributed by atoms with E-state index in [0.717, 1.165) is 28.1 Å². The fourth-order valence-corrected chi connectivity index (χ4v) is 4.48. The Hall–Kier alpha value is -4.61. The van der Waals surface area contributed by atoms with Crippen LogP contribution in [0.25, 0.3) is 17.3 Å². The van der Waals surface area contributed by atoms with Crippen LogP contribution in [-0.4, -0.2) is 31.2 Å². The summed E-state index contributed by atoms with van der Waals surface area (Å²) in [6.07, 6.45) is 1.50. The zero-order valence-corrected chi connectivity index (χ0v) is 22.2. The molecule has 4 aromatic rings. The van der Waals surface area contributed by atoms with Crippen LogP contribution in [-0.2, 0) is 4.79 Å². The van der Waals surface area contributed by atoms with Gasteiger partial charge in [0.2, 0.25) is 0 Å². The number of para-hydroxylation sites is 1. The van der Waals surface area contributed by atoms with Crippen LogP contribution in [0.3, 0.4) is 0 Å². The lowest BCUT2D eigenvalue weighted by Crippen LogP contribution is -2.13. The molecule has 1 N–H and O–H groups in total. The fraction of sp³-hybridized carbons (Fsp3) is 0.167. The van der Waals surface area contributed by atoms with E-state index in [9.17, 15) is 10.1 Å². The summed E-state index contributed by atoms with van der Waals surface area (Å²) in [5.41, 5.74) is 4.42. The van der Waals surface area contributed by atoms with Gasteiger partial charge in [-0.05, 0) is 48.7 Å². The van der Waals surface area contributed by atoms with E-state index in [1.165, 1.54) is 24.5 Å². The maximum absolute atomic E-state index is 12.7. The Morgan fingerprint density at radius 3 is 2.45 bits per heavy atom. The third-order valence-corrected chi connectivity index (χ3v) is 6.41. The van der Waals surface area contributed by atoms with Crippen molar-refractivity contribution in [2.75, 3.05) is 25.6 Å². The number of thiazole rings is 1. The van der Waals surface area contributed by atoms with Gasteiger partial charge in [-0.1, -0.05) is 54.6 Å². The standard InChI is InChI=1S/C30H27N3O4S/c1-20-8-7-9-21(2)28(20)37-15-14-36-26-13-12-22(17-27(26)35-3)16-24(18-31)29(34)33-30-32-25(19-38-30)23-10-5-4-6-11-23/h4-13,16-17,19H,14-15H2,1-3H3,(H,32,33,34). The predicted molar refractivity (Wildman–Crippen MR) is 150 cm³/mol. The molecule has 192 valence electrons. The summed E-state index contributed by atoms with van der Waals surface area (Å²) in [7, 11) is 1.54. The summed E-state index contributed by atoms with van der Waals surface area (Å²) in [5, 5.41) is 14.6. The van der Waals surface area contributed by atoms with E-state index in [1.807, 2.05) is 73.8 Å². The molecule has 0 fully saturated rings. The first-order valence-electron chi connectivity index (χ1n) is 11.9. The summed E-state index contributed by atoms with van der Waals surface area (Å²) < 4.78 is 17.2. The number of anilines is 1. The largest absolute Gasteiger partial charge is 0.493 e. The second-order valence-electron chi connectivity index (χ2n) is 8.36. The maximum Gasteiger partial charge on any atom is 0.268 e. The minimum absolute atomic E-state index is 0.0563. The number of hydrogen-bond acceptors (Lipinski definition) is 7. The molecule has 3 aromatic carbocycles. The van der Waals surface area contributed by atoms with E-state index in [0.29, 0.717) is 35.4 Å². The Bertz CT molecular complexity index is 1470. The number of benzene rings is 3. The van der Waals surface area contributed by atoms with Gasteiger partial charge >= 0.3 is 0 Å². The molecule has 0 saturated carbocycles. The highest BCUT2D eigenvalue weighted by Crippen LogP contribution is 2.30. The van der Waals surface area contributed by atoms with Crippen LogP contribution in [0.2, 0.25) is 0 Å². The van der Waals surface area contributed by atoms with Gasteiger partial charge in [-0.3, -0.25) is 10.1 Å². The number of methoxy groups -OCH3 is 1. The molecule has 0 aliphatic heterocycles. The topological polar surface area (TPSA) is 93.5 Å². The Balaban J connectivity index is 1.39. The number of ether oxygens (including phenoxy) is 3. The summed E-state index contributed by atoms with van der Waals surface area (Å²) in [4.78, 5) is 17.2. The van der Waals surface area contributed by atoms with Gasteiger partial charge in [-0.15, -0.1) is 11.3 Å². The van der Waals surface area contributed by atoms with Crippen molar-refractivity contribution in [2.24, 2.45) is 0 Å². The summed E-state index contributed by atoms with van der Waals surface area (Å²) in [6, 6.07) is 22.9. The van der Waals surface area contributed by atoms with Crippen LogP contribution in [0, 0.1) is 25.2 Å². The first-order valence-corrected chi connectivity index (χ1v) is 12.8. The number of amides is 1. The fourth-order valence-electron chi connectivity index (χ4n) is 3.77. The van der Waals surface area contributed by atoms with E-state index in [1.54, 1.807) is 18.2 Å². The number of nitrogens with zero attached hydrogens (tertiary/aromatic N) is 2. The van der Waals surface area contributed by atoms with Crippen molar-refractivity contribution >= 4 is 28.5 Å². The molecule has 0 atom stereocenters. The molecule has 0 spiro atoms. The Kier molecular flexibility index (Phi) is 8.75. The third kappa shape index (κ3) is 6.58. The smallest absolute Gasteiger partial charge is 0.268 e. The van der Waals surface area contributed by atoms with Gasteiger partial charge in [0, 0.05) is 10.9 Å². The van der Waals surface area contributed by atoms with Crippen LogP contribution < -0.4 is 19.5 Å². The second-order valence-corrected chi connectivity index (χ2v) is 9.21. The van der Waals surface area contributed by atoms with Crippen molar-refractivity contribution in [3.8, 4) is 34.6 Å². The van der Waals surface area contributed by atoms with Crippen LogP contribution in [0.1, 0.15) is 16.7 Å². The van der Waals surface area contributed by atoms with E-state index in [4.69, 9.17) is 14.2 Å². The Morgan fingerprint density at radius 1 is 1.00 bits per heavy atom. The molecule has 38 heavy (non-hydrogen) atoms. The van der Waals surface area contributed by atoms with Crippen LogP contribution >= 0.6 is 11.3 Å². The average Bonchev–Trinajstić information content (AvgIpc) is 3.40. The van der Waals surface area contributed by atoms with Gasteiger partial charge in [0.15, 0.2) is 16.6 Å². The van der Waals surface area contributed by atoms with Crippen molar-refractivity contribution < 1.29 is 19.0 Å². The lowest BCUT2D eigenvalue weighted by molar-refractivity contribution is -0.112. The van der Waals surface area contributed by atoms with Gasteiger partial charge in [0.05, 0.1) is 12.8 Å². The minimum Gasteiger partial charge on any atom is -0.493 e. The molecule has 0 bridgehead atoms. The summed E-state index contributed by atoms with van der Waals surface area (Å²) >= 11 is 1.30. The third-order valence-electron chi connectivity index (χ3n) is 5.65. The average molecular weight is 526 g/mol. The molecule has 7 nitrogen and oxygen atoms in total. The van der Waals surface area contributed by atoms with Crippen molar-refractivity contribution in [2.45, 2.75) is 13.8 Å². The Morgan fingerprint density at radius 2 is 1.74 bits per heavy atom. The molecule has 1 heterocycles. The summed E-state index contributed by atoms with van der Waals surface area (Å²) in [5.74, 6) is 1.34. The van der Waals surface area contributed by atoms with Gasteiger partial charge in [0.25, 0.3) is 5.91 Å². The minimum atomic E-state index is -0.538. The number of aromatic nitrogens is 1. The monoisotopic (exact) mass is 525 g/mol. The number of carbonyl (C=O) groups excluding carboxylic acids is 1. The zero-order chi connectivity index (χ0) is 26.9. The highest BCUT2D eigenvalue weighted by atomic mass is 32.1. The molecular weight excluding hydrogens is 498 g/mol. The van der Waals surface area contributed by atoms with Gasteiger partial charge < -0.3 is 14.2 Å². The van der Waals surface area contributed by atoms with Gasteiger partial charge in [-0.2, -0.15) is 5.26 Å². The number of aryl methyl sites for hydroxylation is 2. The number of hydrogen-bond donors (Lipinski definition) is 1. The van der Waals surface area contributed by atoms with E-state index < -0.39 is 5.91 Å². The highest BCUT2D eigenvalue weighted by molar-refractivity contribution is 7.14. The first kappa shape index (κ1) is 26.5. The molecule has 0 radical (unpaired) electrons. The number of nitrogens with one attached hydrogen (secondary N) is 1. The maximum atomic E-state index is 12.7. The molecule has 0 unspecified atom stereocenters. The van der Waals surface area contributed by atoms with Crippen molar-refractivity contribution in [3.63, 3.8) is 0 Å². The zero-order valence-electron chi connectivity index (χ0n) is 21.4. The molecule has 8 heteroatoms. The lowest BCUT2D eigenvalue weighted by atomic mass is 10.1. The van der Waals surface area contributed by atoms with Crippen LogP contribution in [0.4, 0.5) is 5.13 Å². The quantitative estimate of drug-likeness (QED) is 0.146. The molecule has 0 aliphatic carbocycles. The SMILES string of the molecule is COc1cc(C=C(C#N)C(=O)Nc2nc(-c3ccccc3)cs2)ccc1OCCOc1c(C)cccc1C. The van der Waals surface area contributed by atoms with Crippen molar-refractivity contribution in [3.05, 3.63) is 94.4 Å². The van der Waals surface area contributed by atoms with E-state index in [2.05, 4.69) is 10.3 Å². The van der Waals surface area contributed by atoms with Crippen LogP contribution in [0.5, 0.6) is 17.2 Å². The molecule has 1 amide bonds. The number of rotatable bonds is 10. The molecule has 4 rings (SSSR count). The first-order chi connectivity index (χ1) is 18.5. The van der Waals surface area contributed by atoms with Crippen molar-refractivity contribution in [1.29, 1.82) is 5.26 Å². The van der Waals surface area contributed by atoms with Gasteiger partial charge in [-0.25, -0.2) is 4.98 Å². The highest BCUT2D eigenvalue weighted by Gasteiger charge is 2.14. The Labute approximate surface area is 226 Å². The molecule has 1 aromatic heterocycles. The molecule has 0 saturated heterocycles. The van der Waals surface area contributed by atoms with Crippen molar-refractivity contribution in [1.82, 2.24) is 4.98 Å². The summed E-state index contributed by atoms with van der Waals surface area (Å²) in [6.45, 7) is 4.71.